The Bertz CT molecular complexity index is 239. The van der Waals surface area contributed by atoms with Crippen LogP contribution in [0.25, 0.3) is 0 Å². The number of hydrogen-bond donors (Lipinski definition) is 2. The summed E-state index contributed by atoms with van der Waals surface area (Å²) in [6, 6.07) is 0. The topological polar surface area (TPSA) is 59.1 Å². The van der Waals surface area contributed by atoms with E-state index in [-0.39, 0.29) is 0 Å². The van der Waals surface area contributed by atoms with Crippen molar-refractivity contribution in [3.8, 4) is 0 Å². The fourth-order valence-corrected chi connectivity index (χ4v) is 2.46. The largest absolute Gasteiger partial charge is 0.391 e. The van der Waals surface area contributed by atoms with Crippen molar-refractivity contribution in [2.24, 2.45) is 5.73 Å². The van der Waals surface area contributed by atoms with Gasteiger partial charge in [0.05, 0.1) is 6.10 Å². The zero-order valence-corrected chi connectivity index (χ0v) is 8.49. The third kappa shape index (κ3) is 3.10. The van der Waals surface area contributed by atoms with Gasteiger partial charge >= 0.3 is 0 Å². The minimum atomic E-state index is -0.417. The average Bonchev–Trinajstić information content (AvgIpc) is 2.47. The highest BCUT2D eigenvalue weighted by Gasteiger charge is 2.04. The molecular formula is C7H12N2OS2. The predicted molar refractivity (Wildman–Crippen MR) is 52.6 cm³/mol. The van der Waals surface area contributed by atoms with Crippen LogP contribution in [0.2, 0.25) is 0 Å². The van der Waals surface area contributed by atoms with E-state index in [9.17, 15) is 0 Å². The summed E-state index contributed by atoms with van der Waals surface area (Å²) in [5.41, 5.74) is 6.29. The van der Waals surface area contributed by atoms with Crippen molar-refractivity contribution in [1.82, 2.24) is 4.98 Å². The van der Waals surface area contributed by atoms with Crippen molar-refractivity contribution in [3.05, 3.63) is 11.1 Å². The van der Waals surface area contributed by atoms with Crippen LogP contribution >= 0.6 is 23.1 Å². The van der Waals surface area contributed by atoms with Gasteiger partial charge in [-0.25, -0.2) is 4.98 Å². The van der Waals surface area contributed by atoms with Gasteiger partial charge in [0, 0.05) is 23.4 Å². The summed E-state index contributed by atoms with van der Waals surface area (Å²) in [7, 11) is 0. The van der Waals surface area contributed by atoms with Crippen LogP contribution in [0.3, 0.4) is 0 Å². The molecule has 1 atom stereocenters. The maximum atomic E-state index is 9.16. The Hall–Kier alpha value is -0.100. The van der Waals surface area contributed by atoms with Crippen LogP contribution in [0.4, 0.5) is 0 Å². The standard InChI is InChI=1S/C7H12N2OS2/c1-5-3-11-7(9-5)12-4-6(10)2-8/h3,6,10H,2,4,8H2,1H3. The summed E-state index contributed by atoms with van der Waals surface area (Å²) in [6.45, 7) is 2.28. The minimum absolute atomic E-state index is 0.317. The summed E-state index contributed by atoms with van der Waals surface area (Å²) >= 11 is 3.15. The number of thioether (sulfide) groups is 1. The first kappa shape index (κ1) is 9.98. The molecule has 0 aliphatic carbocycles. The summed E-state index contributed by atoms with van der Waals surface area (Å²) < 4.78 is 1.00. The first-order chi connectivity index (χ1) is 5.72. The summed E-state index contributed by atoms with van der Waals surface area (Å²) in [4.78, 5) is 4.25. The Balaban J connectivity index is 2.33. The second-order valence-corrected chi connectivity index (χ2v) is 4.58. The average molecular weight is 204 g/mol. The van der Waals surface area contributed by atoms with E-state index in [0.29, 0.717) is 12.3 Å². The van der Waals surface area contributed by atoms with Gasteiger partial charge in [-0.2, -0.15) is 0 Å². The van der Waals surface area contributed by atoms with E-state index < -0.39 is 6.10 Å². The van der Waals surface area contributed by atoms with Crippen molar-refractivity contribution in [2.75, 3.05) is 12.3 Å². The highest BCUT2D eigenvalue weighted by atomic mass is 32.2. The molecule has 12 heavy (non-hydrogen) atoms. The van der Waals surface area contributed by atoms with Crippen molar-refractivity contribution >= 4 is 23.1 Å². The zero-order chi connectivity index (χ0) is 8.97. The first-order valence-corrected chi connectivity index (χ1v) is 5.52. The van der Waals surface area contributed by atoms with Gasteiger partial charge < -0.3 is 10.8 Å². The van der Waals surface area contributed by atoms with E-state index in [0.717, 1.165) is 10.0 Å². The number of nitrogens with zero attached hydrogens (tertiary/aromatic N) is 1. The van der Waals surface area contributed by atoms with Crippen LogP contribution in [-0.2, 0) is 0 Å². The Morgan fingerprint density at radius 1 is 1.83 bits per heavy atom. The van der Waals surface area contributed by atoms with Crippen molar-refractivity contribution in [2.45, 2.75) is 17.4 Å². The molecule has 0 spiro atoms. The molecule has 3 N–H and O–H groups in total. The van der Waals surface area contributed by atoms with E-state index in [1.807, 2.05) is 12.3 Å². The number of aromatic nitrogens is 1. The number of nitrogens with two attached hydrogens (primary N) is 1. The second kappa shape index (κ2) is 4.81. The molecule has 1 aromatic heterocycles. The first-order valence-electron chi connectivity index (χ1n) is 3.65. The molecular weight excluding hydrogens is 192 g/mol. The van der Waals surface area contributed by atoms with Gasteiger partial charge in [-0.3, -0.25) is 0 Å². The summed E-state index contributed by atoms with van der Waals surface area (Å²) in [6.07, 6.45) is -0.417. The molecule has 3 nitrogen and oxygen atoms in total. The molecule has 1 aromatic rings. The van der Waals surface area contributed by atoms with Crippen molar-refractivity contribution in [1.29, 1.82) is 0 Å². The predicted octanol–water partition coefficient (Wildman–Crippen LogP) is 0.863. The van der Waals surface area contributed by atoms with Gasteiger partial charge in [0.1, 0.15) is 4.34 Å². The smallest absolute Gasteiger partial charge is 0.150 e. The monoisotopic (exact) mass is 204 g/mol. The van der Waals surface area contributed by atoms with Crippen LogP contribution in [0.5, 0.6) is 0 Å². The number of rotatable bonds is 4. The fraction of sp³-hybridized carbons (Fsp3) is 0.571. The van der Waals surface area contributed by atoms with Gasteiger partial charge in [0.15, 0.2) is 0 Å². The van der Waals surface area contributed by atoms with E-state index >= 15 is 0 Å². The molecule has 0 radical (unpaired) electrons. The molecule has 5 heteroatoms. The molecule has 0 fully saturated rings. The Labute approximate surface area is 80.0 Å². The lowest BCUT2D eigenvalue weighted by Crippen LogP contribution is -2.21. The SMILES string of the molecule is Cc1csc(SCC(O)CN)n1. The molecule has 0 aromatic carbocycles. The maximum Gasteiger partial charge on any atom is 0.150 e. The third-order valence-corrected chi connectivity index (χ3v) is 3.55. The van der Waals surface area contributed by atoms with Crippen LogP contribution < -0.4 is 5.73 Å². The fourth-order valence-electron chi connectivity index (χ4n) is 0.634. The van der Waals surface area contributed by atoms with Crippen LogP contribution in [0.1, 0.15) is 5.69 Å². The van der Waals surface area contributed by atoms with Crippen molar-refractivity contribution < 1.29 is 5.11 Å². The van der Waals surface area contributed by atoms with E-state index in [2.05, 4.69) is 4.98 Å². The Morgan fingerprint density at radius 2 is 2.58 bits per heavy atom. The van der Waals surface area contributed by atoms with Crippen LogP contribution in [0, 0.1) is 6.92 Å². The molecule has 0 saturated heterocycles. The lowest BCUT2D eigenvalue weighted by atomic mass is 10.4. The van der Waals surface area contributed by atoms with E-state index in [1.165, 1.54) is 0 Å². The molecule has 0 amide bonds. The minimum Gasteiger partial charge on any atom is -0.391 e. The molecule has 0 bridgehead atoms. The Kier molecular flexibility index (Phi) is 4.00. The number of hydrogen-bond acceptors (Lipinski definition) is 5. The van der Waals surface area contributed by atoms with Crippen LogP contribution in [0.15, 0.2) is 9.72 Å². The number of aliphatic hydroxyl groups excluding tert-OH is 1. The van der Waals surface area contributed by atoms with Crippen LogP contribution in [-0.4, -0.2) is 28.5 Å². The van der Waals surface area contributed by atoms with Crippen molar-refractivity contribution in [3.63, 3.8) is 0 Å². The highest BCUT2D eigenvalue weighted by Crippen LogP contribution is 2.22. The van der Waals surface area contributed by atoms with E-state index in [1.54, 1.807) is 23.1 Å². The van der Waals surface area contributed by atoms with Gasteiger partial charge in [0.25, 0.3) is 0 Å². The van der Waals surface area contributed by atoms with Gasteiger partial charge in [-0.1, -0.05) is 11.8 Å². The quantitative estimate of drug-likeness (QED) is 0.714. The number of aliphatic hydroxyl groups is 1. The Morgan fingerprint density at radius 3 is 3.08 bits per heavy atom. The van der Waals surface area contributed by atoms with Gasteiger partial charge in [0.2, 0.25) is 0 Å². The molecule has 1 heterocycles. The van der Waals surface area contributed by atoms with Gasteiger partial charge in [-0.15, -0.1) is 11.3 Å². The highest BCUT2D eigenvalue weighted by molar-refractivity contribution is 8.01. The summed E-state index contributed by atoms with van der Waals surface area (Å²) in [5.74, 6) is 0.628. The molecule has 68 valence electrons. The summed E-state index contributed by atoms with van der Waals surface area (Å²) in [5, 5.41) is 11.2. The lowest BCUT2D eigenvalue weighted by Gasteiger charge is -2.03. The number of thiazole rings is 1. The molecule has 0 saturated carbocycles. The normalized spacial score (nSPS) is 13.2. The lowest BCUT2D eigenvalue weighted by molar-refractivity contribution is 0.208. The van der Waals surface area contributed by atoms with Gasteiger partial charge in [-0.05, 0) is 6.92 Å². The third-order valence-electron chi connectivity index (χ3n) is 1.27. The molecule has 1 rings (SSSR count). The maximum absolute atomic E-state index is 9.16. The van der Waals surface area contributed by atoms with E-state index in [4.69, 9.17) is 10.8 Å². The number of aryl methyl sites for hydroxylation is 1. The molecule has 1 unspecified atom stereocenters. The molecule has 0 aliphatic heterocycles. The zero-order valence-electron chi connectivity index (χ0n) is 6.86. The molecule has 0 aliphatic rings. The second-order valence-electron chi connectivity index (χ2n) is 2.46.